The second-order valence-corrected chi connectivity index (χ2v) is 9.79. The highest BCUT2D eigenvalue weighted by molar-refractivity contribution is 5.76. The first kappa shape index (κ1) is 25.9. The normalized spacial score (nSPS) is 23.2. The lowest BCUT2D eigenvalue weighted by Crippen LogP contribution is -2.40. The number of hydrogen-bond donors (Lipinski definition) is 2. The van der Waals surface area contributed by atoms with Crippen LogP contribution in [0.1, 0.15) is 62.7 Å². The van der Waals surface area contributed by atoms with Gasteiger partial charge in [-0.25, -0.2) is 0 Å². The van der Waals surface area contributed by atoms with Gasteiger partial charge in [0.25, 0.3) is 0 Å². The van der Waals surface area contributed by atoms with Crippen molar-refractivity contribution in [2.75, 3.05) is 26.2 Å². The highest BCUT2D eigenvalue weighted by atomic mass is 16.4. The first-order valence-electron chi connectivity index (χ1n) is 12.4. The SMILES string of the molecule is C[C@H]1CCCN([C@@H](C(=O)O)c2ccccc2)C1.C[C@H]1CCCN([C@H](C(=O)O)c2ccccc2)C1. The Hall–Kier alpha value is -2.70. The average molecular weight is 467 g/mol. The molecule has 2 saturated heterocycles. The first-order chi connectivity index (χ1) is 16.4. The molecule has 2 fully saturated rings. The number of likely N-dealkylation sites (tertiary alicyclic amines) is 2. The summed E-state index contributed by atoms with van der Waals surface area (Å²) < 4.78 is 0. The molecule has 2 aliphatic rings. The molecule has 184 valence electrons. The molecule has 0 bridgehead atoms. The van der Waals surface area contributed by atoms with Crippen LogP contribution in [0.2, 0.25) is 0 Å². The number of rotatable bonds is 6. The van der Waals surface area contributed by atoms with Crippen molar-refractivity contribution < 1.29 is 19.8 Å². The molecule has 0 saturated carbocycles. The Morgan fingerprint density at radius 2 is 1.06 bits per heavy atom. The average Bonchev–Trinajstić information content (AvgIpc) is 2.81. The smallest absolute Gasteiger partial charge is 0.325 e. The summed E-state index contributed by atoms with van der Waals surface area (Å²) in [6.07, 6.45) is 4.60. The third kappa shape index (κ3) is 7.15. The molecule has 6 heteroatoms. The largest absolute Gasteiger partial charge is 0.480 e. The van der Waals surface area contributed by atoms with Gasteiger partial charge in [0.2, 0.25) is 0 Å². The van der Waals surface area contributed by atoms with Crippen molar-refractivity contribution in [2.45, 2.75) is 51.6 Å². The molecule has 0 aliphatic carbocycles. The first-order valence-corrected chi connectivity index (χ1v) is 12.4. The summed E-state index contributed by atoms with van der Waals surface area (Å²) in [7, 11) is 0. The third-order valence-electron chi connectivity index (χ3n) is 6.81. The lowest BCUT2D eigenvalue weighted by Gasteiger charge is -2.35. The second kappa shape index (κ2) is 12.7. The molecule has 2 aromatic carbocycles. The summed E-state index contributed by atoms with van der Waals surface area (Å²) in [5, 5.41) is 18.8. The van der Waals surface area contributed by atoms with Crippen LogP contribution in [0.3, 0.4) is 0 Å². The van der Waals surface area contributed by atoms with E-state index in [0.29, 0.717) is 11.8 Å². The Labute approximate surface area is 203 Å². The summed E-state index contributed by atoms with van der Waals surface area (Å²) in [5.41, 5.74) is 1.77. The molecule has 2 aliphatic heterocycles. The van der Waals surface area contributed by atoms with Crippen molar-refractivity contribution in [2.24, 2.45) is 11.8 Å². The van der Waals surface area contributed by atoms with Crippen molar-refractivity contribution >= 4 is 11.9 Å². The number of carbonyl (C=O) groups is 2. The van der Waals surface area contributed by atoms with E-state index in [0.717, 1.165) is 50.1 Å². The van der Waals surface area contributed by atoms with Crippen molar-refractivity contribution in [1.82, 2.24) is 9.80 Å². The Morgan fingerprint density at radius 1 is 0.706 bits per heavy atom. The molecule has 0 amide bonds. The monoisotopic (exact) mass is 466 g/mol. The third-order valence-corrected chi connectivity index (χ3v) is 6.81. The molecule has 4 atom stereocenters. The van der Waals surface area contributed by atoms with Gasteiger partial charge in [-0.2, -0.15) is 0 Å². The van der Waals surface area contributed by atoms with Crippen molar-refractivity contribution in [3.8, 4) is 0 Å². The quantitative estimate of drug-likeness (QED) is 0.617. The zero-order chi connectivity index (χ0) is 24.5. The minimum atomic E-state index is -0.745. The maximum atomic E-state index is 11.5. The molecule has 2 N–H and O–H groups in total. The van der Waals surface area contributed by atoms with Gasteiger partial charge in [-0.05, 0) is 61.7 Å². The number of aliphatic carboxylic acids is 2. The highest BCUT2D eigenvalue weighted by Gasteiger charge is 2.31. The van der Waals surface area contributed by atoms with E-state index in [1.807, 2.05) is 60.7 Å². The fourth-order valence-electron chi connectivity index (χ4n) is 5.21. The van der Waals surface area contributed by atoms with Crippen LogP contribution in [0.4, 0.5) is 0 Å². The van der Waals surface area contributed by atoms with Crippen LogP contribution in [0.25, 0.3) is 0 Å². The van der Waals surface area contributed by atoms with Crippen LogP contribution in [0.5, 0.6) is 0 Å². The van der Waals surface area contributed by atoms with Crippen LogP contribution >= 0.6 is 0 Å². The summed E-state index contributed by atoms with van der Waals surface area (Å²) in [5.74, 6) is -0.306. The van der Waals surface area contributed by atoms with Crippen LogP contribution in [-0.2, 0) is 9.59 Å². The summed E-state index contributed by atoms with van der Waals surface area (Å²) >= 11 is 0. The standard InChI is InChI=1S/2C14H19NO2/c2*1-11-6-5-9-15(10-11)13(14(16)17)12-7-3-2-4-8-12/h2*2-4,7-8,11,13H,5-6,9-10H2,1H3,(H,16,17)/t11-,13+;11-,13-/m00/s1. The van der Waals surface area contributed by atoms with Crippen LogP contribution < -0.4 is 0 Å². The van der Waals surface area contributed by atoms with Gasteiger partial charge < -0.3 is 10.2 Å². The van der Waals surface area contributed by atoms with E-state index in [1.54, 1.807) is 0 Å². The number of carboxylic acids is 2. The fraction of sp³-hybridized carbons (Fsp3) is 0.500. The number of nitrogens with zero attached hydrogens (tertiary/aromatic N) is 2. The zero-order valence-corrected chi connectivity index (χ0v) is 20.3. The maximum absolute atomic E-state index is 11.5. The molecule has 0 unspecified atom stereocenters. The second-order valence-electron chi connectivity index (χ2n) is 9.79. The van der Waals surface area contributed by atoms with Gasteiger partial charge >= 0.3 is 11.9 Å². The lowest BCUT2D eigenvalue weighted by molar-refractivity contribution is -0.145. The van der Waals surface area contributed by atoms with Gasteiger partial charge in [0, 0.05) is 13.1 Å². The van der Waals surface area contributed by atoms with Crippen molar-refractivity contribution in [3.63, 3.8) is 0 Å². The van der Waals surface area contributed by atoms with E-state index in [2.05, 4.69) is 23.6 Å². The van der Waals surface area contributed by atoms with Gasteiger partial charge in [-0.3, -0.25) is 19.4 Å². The minimum Gasteiger partial charge on any atom is -0.480 e. The van der Waals surface area contributed by atoms with Gasteiger partial charge in [0.1, 0.15) is 12.1 Å². The van der Waals surface area contributed by atoms with E-state index >= 15 is 0 Å². The molecule has 6 nitrogen and oxygen atoms in total. The zero-order valence-electron chi connectivity index (χ0n) is 20.3. The van der Waals surface area contributed by atoms with Gasteiger partial charge in [0.15, 0.2) is 0 Å². The molecular weight excluding hydrogens is 428 g/mol. The predicted molar refractivity (Wildman–Crippen MR) is 134 cm³/mol. The van der Waals surface area contributed by atoms with Crippen molar-refractivity contribution in [1.29, 1.82) is 0 Å². The van der Waals surface area contributed by atoms with E-state index in [-0.39, 0.29) is 0 Å². The highest BCUT2D eigenvalue weighted by Crippen LogP contribution is 2.28. The van der Waals surface area contributed by atoms with Crippen LogP contribution in [0.15, 0.2) is 60.7 Å². The number of benzene rings is 2. The van der Waals surface area contributed by atoms with E-state index < -0.39 is 24.0 Å². The summed E-state index contributed by atoms with van der Waals surface area (Å²) in [4.78, 5) is 27.1. The minimum absolute atomic E-state index is 0.487. The fourth-order valence-corrected chi connectivity index (χ4v) is 5.21. The Morgan fingerprint density at radius 3 is 1.35 bits per heavy atom. The number of piperidine rings is 2. The Kier molecular flexibility index (Phi) is 9.66. The molecule has 0 spiro atoms. The van der Waals surface area contributed by atoms with Gasteiger partial charge in [-0.15, -0.1) is 0 Å². The van der Waals surface area contributed by atoms with Crippen LogP contribution in [-0.4, -0.2) is 58.1 Å². The van der Waals surface area contributed by atoms with Gasteiger partial charge in [-0.1, -0.05) is 74.5 Å². The predicted octanol–water partition coefficient (Wildman–Crippen LogP) is 5.09. The van der Waals surface area contributed by atoms with E-state index in [1.165, 1.54) is 12.8 Å². The Bertz CT molecular complexity index is 830. The molecule has 4 rings (SSSR count). The molecular formula is C28H38N2O4. The van der Waals surface area contributed by atoms with Crippen molar-refractivity contribution in [3.05, 3.63) is 71.8 Å². The number of hydrogen-bond acceptors (Lipinski definition) is 4. The van der Waals surface area contributed by atoms with Gasteiger partial charge in [0.05, 0.1) is 0 Å². The maximum Gasteiger partial charge on any atom is 0.325 e. The lowest BCUT2D eigenvalue weighted by atomic mass is 9.96. The molecule has 0 radical (unpaired) electrons. The summed E-state index contributed by atoms with van der Waals surface area (Å²) in [6, 6.07) is 18.1. The topological polar surface area (TPSA) is 81.1 Å². The summed E-state index contributed by atoms with van der Waals surface area (Å²) in [6.45, 7) is 7.91. The molecule has 0 aromatic heterocycles. The van der Waals surface area contributed by atoms with E-state index in [9.17, 15) is 19.8 Å². The van der Waals surface area contributed by atoms with E-state index in [4.69, 9.17) is 0 Å². The Balaban J connectivity index is 0.000000191. The molecule has 2 heterocycles. The number of carboxylic acid groups (broad SMARTS) is 2. The van der Waals surface area contributed by atoms with Crippen LogP contribution in [0, 0.1) is 11.8 Å². The molecule has 34 heavy (non-hydrogen) atoms. The molecule has 2 aromatic rings.